The minimum absolute atomic E-state index is 0.198. The Hall–Kier alpha value is -2.28. The van der Waals surface area contributed by atoms with Crippen LogP contribution in [0.5, 0.6) is 5.75 Å². The number of esters is 1. The lowest BCUT2D eigenvalue weighted by Crippen LogP contribution is -2.49. The Kier molecular flexibility index (Phi) is 7.75. The number of aliphatic hydroxyl groups is 1. The number of carbonyl (C=O) groups excluding carboxylic acids is 1. The van der Waals surface area contributed by atoms with E-state index in [1.165, 1.54) is 0 Å². The van der Waals surface area contributed by atoms with Gasteiger partial charge in [0.1, 0.15) is 18.5 Å². The Morgan fingerprint density at radius 1 is 1.10 bits per heavy atom. The van der Waals surface area contributed by atoms with Crippen LogP contribution in [0.25, 0.3) is 0 Å². The van der Waals surface area contributed by atoms with Gasteiger partial charge in [0.15, 0.2) is 0 Å². The van der Waals surface area contributed by atoms with Crippen molar-refractivity contribution in [1.29, 1.82) is 0 Å². The Labute approximate surface area is 176 Å². The molecular weight excluding hydrogens is 392 g/mol. The molecule has 2 aromatic rings. The highest BCUT2D eigenvalue weighted by molar-refractivity contribution is 6.33. The van der Waals surface area contributed by atoms with E-state index < -0.39 is 6.10 Å². The van der Waals surface area contributed by atoms with Crippen molar-refractivity contribution in [2.45, 2.75) is 13.0 Å². The second kappa shape index (κ2) is 10.5. The topological polar surface area (TPSA) is 62.2 Å². The van der Waals surface area contributed by atoms with Crippen LogP contribution in [0, 0.1) is 0 Å². The predicted molar refractivity (Wildman–Crippen MR) is 114 cm³/mol. The summed E-state index contributed by atoms with van der Waals surface area (Å²) in [5.41, 5.74) is 1.54. The third-order valence-corrected chi connectivity index (χ3v) is 5.16. The molecule has 1 saturated heterocycles. The normalized spacial score (nSPS) is 15.8. The van der Waals surface area contributed by atoms with Crippen LogP contribution in [0.15, 0.2) is 48.5 Å². The lowest BCUT2D eigenvalue weighted by Gasteiger charge is -2.37. The number of rotatable bonds is 8. The molecule has 3 rings (SSSR count). The van der Waals surface area contributed by atoms with Crippen molar-refractivity contribution in [3.05, 3.63) is 59.1 Å². The molecule has 0 aromatic heterocycles. The first-order chi connectivity index (χ1) is 14.1. The number of hydrogen-bond donors (Lipinski definition) is 1. The molecule has 0 radical (unpaired) electrons. The Morgan fingerprint density at radius 3 is 2.45 bits per heavy atom. The predicted octanol–water partition coefficient (Wildman–Crippen LogP) is 3.08. The van der Waals surface area contributed by atoms with Crippen molar-refractivity contribution >= 4 is 23.3 Å². The molecule has 1 aliphatic heterocycles. The zero-order valence-corrected chi connectivity index (χ0v) is 17.3. The molecule has 1 atom stereocenters. The minimum atomic E-state index is -0.591. The minimum Gasteiger partial charge on any atom is -0.491 e. The summed E-state index contributed by atoms with van der Waals surface area (Å²) in [5.74, 6) is 0.260. The maximum atomic E-state index is 11.7. The van der Waals surface area contributed by atoms with Gasteiger partial charge in [-0.25, -0.2) is 4.79 Å². The quantitative estimate of drug-likeness (QED) is 0.665. The number of anilines is 1. The van der Waals surface area contributed by atoms with Gasteiger partial charge >= 0.3 is 5.97 Å². The first-order valence-corrected chi connectivity index (χ1v) is 10.2. The number of aliphatic hydroxyl groups excluding tert-OH is 1. The fourth-order valence-electron chi connectivity index (χ4n) is 3.32. The van der Waals surface area contributed by atoms with Gasteiger partial charge in [-0.3, -0.25) is 4.90 Å². The Balaban J connectivity index is 1.41. The fraction of sp³-hybridized carbons (Fsp3) is 0.409. The molecule has 0 unspecified atom stereocenters. The van der Waals surface area contributed by atoms with Gasteiger partial charge < -0.3 is 19.5 Å². The lowest BCUT2D eigenvalue weighted by molar-refractivity contribution is 0.0525. The largest absolute Gasteiger partial charge is 0.491 e. The molecule has 29 heavy (non-hydrogen) atoms. The van der Waals surface area contributed by atoms with Gasteiger partial charge in [-0.15, -0.1) is 0 Å². The third kappa shape index (κ3) is 6.10. The van der Waals surface area contributed by atoms with Gasteiger partial charge in [-0.1, -0.05) is 23.7 Å². The summed E-state index contributed by atoms with van der Waals surface area (Å²) < 4.78 is 10.6. The first kappa shape index (κ1) is 21.4. The zero-order chi connectivity index (χ0) is 20.6. The average molecular weight is 419 g/mol. The van der Waals surface area contributed by atoms with Crippen LogP contribution in [0.2, 0.25) is 5.02 Å². The standard InChI is InChI=1S/C22H27ClN2O4/c1-2-28-22(27)17-7-9-19(10-8-17)29-16-18(26)15-24-11-13-25(14-12-24)21-6-4-3-5-20(21)23/h3-10,18,26H,2,11-16H2,1H3/t18-/m1/s1. The lowest BCUT2D eigenvalue weighted by atomic mass is 10.2. The molecule has 1 N–H and O–H groups in total. The molecule has 1 heterocycles. The molecule has 2 aromatic carbocycles. The van der Waals surface area contributed by atoms with E-state index in [-0.39, 0.29) is 12.6 Å². The number of hydrogen-bond acceptors (Lipinski definition) is 6. The van der Waals surface area contributed by atoms with E-state index >= 15 is 0 Å². The van der Waals surface area contributed by atoms with Gasteiger partial charge in [0, 0.05) is 32.7 Å². The van der Waals surface area contributed by atoms with Gasteiger partial charge in [0.25, 0.3) is 0 Å². The fourth-order valence-corrected chi connectivity index (χ4v) is 3.58. The number of benzene rings is 2. The molecule has 0 spiro atoms. The number of β-amino-alcohol motifs (C(OH)–C–C–N with tert-alkyl or cyclic N) is 1. The number of carbonyl (C=O) groups is 1. The van der Waals surface area contributed by atoms with Crippen molar-refractivity contribution in [2.75, 3.05) is 50.8 Å². The molecular formula is C22H27ClN2O4. The molecule has 7 heteroatoms. The summed E-state index contributed by atoms with van der Waals surface area (Å²) in [5, 5.41) is 11.1. The van der Waals surface area contributed by atoms with Crippen molar-refractivity contribution in [1.82, 2.24) is 4.90 Å². The Bertz CT molecular complexity index is 792. The molecule has 6 nitrogen and oxygen atoms in total. The highest BCUT2D eigenvalue weighted by Crippen LogP contribution is 2.26. The highest BCUT2D eigenvalue weighted by atomic mass is 35.5. The summed E-state index contributed by atoms with van der Waals surface area (Å²) in [4.78, 5) is 16.2. The number of halogens is 1. The van der Waals surface area contributed by atoms with Crippen LogP contribution in [0.3, 0.4) is 0 Å². The molecule has 0 saturated carbocycles. The number of para-hydroxylation sites is 1. The van der Waals surface area contributed by atoms with Gasteiger partial charge in [0.2, 0.25) is 0 Å². The second-order valence-electron chi connectivity index (χ2n) is 6.95. The van der Waals surface area contributed by atoms with Crippen LogP contribution in [-0.2, 0) is 4.74 Å². The molecule has 0 amide bonds. The number of piperazine rings is 1. The molecule has 0 bridgehead atoms. The monoisotopic (exact) mass is 418 g/mol. The van der Waals surface area contributed by atoms with Crippen molar-refractivity contribution in [3.8, 4) is 5.75 Å². The van der Waals surface area contributed by atoms with E-state index in [9.17, 15) is 9.90 Å². The van der Waals surface area contributed by atoms with E-state index in [2.05, 4.69) is 9.80 Å². The SMILES string of the molecule is CCOC(=O)c1ccc(OC[C@H](O)CN2CCN(c3ccccc3Cl)CC2)cc1. The number of ether oxygens (including phenoxy) is 2. The van der Waals surface area contributed by atoms with Crippen molar-refractivity contribution in [3.63, 3.8) is 0 Å². The van der Waals surface area contributed by atoms with E-state index in [0.29, 0.717) is 24.5 Å². The van der Waals surface area contributed by atoms with E-state index in [1.54, 1.807) is 31.2 Å². The van der Waals surface area contributed by atoms with Crippen LogP contribution in [0.1, 0.15) is 17.3 Å². The summed E-state index contributed by atoms with van der Waals surface area (Å²) in [6.45, 7) is 6.32. The summed E-state index contributed by atoms with van der Waals surface area (Å²) >= 11 is 6.28. The first-order valence-electron chi connectivity index (χ1n) is 9.86. The van der Waals surface area contributed by atoms with Crippen LogP contribution in [-0.4, -0.2) is 68.0 Å². The van der Waals surface area contributed by atoms with Gasteiger partial charge in [-0.05, 0) is 43.3 Å². The zero-order valence-electron chi connectivity index (χ0n) is 16.6. The second-order valence-corrected chi connectivity index (χ2v) is 7.36. The smallest absolute Gasteiger partial charge is 0.338 e. The van der Waals surface area contributed by atoms with Crippen LogP contribution >= 0.6 is 11.6 Å². The summed E-state index contributed by atoms with van der Waals surface area (Å²) in [6.07, 6.45) is -0.591. The Morgan fingerprint density at radius 2 is 1.79 bits per heavy atom. The van der Waals surface area contributed by atoms with E-state index in [4.69, 9.17) is 21.1 Å². The molecule has 0 aliphatic carbocycles. The average Bonchev–Trinajstić information content (AvgIpc) is 2.74. The van der Waals surface area contributed by atoms with Crippen molar-refractivity contribution < 1.29 is 19.4 Å². The van der Waals surface area contributed by atoms with Gasteiger partial charge in [-0.2, -0.15) is 0 Å². The highest BCUT2D eigenvalue weighted by Gasteiger charge is 2.21. The number of nitrogens with zero attached hydrogens (tertiary/aromatic N) is 2. The maximum absolute atomic E-state index is 11.7. The molecule has 1 aliphatic rings. The molecule has 156 valence electrons. The third-order valence-electron chi connectivity index (χ3n) is 4.84. The van der Waals surface area contributed by atoms with Crippen LogP contribution in [0.4, 0.5) is 5.69 Å². The van der Waals surface area contributed by atoms with Crippen molar-refractivity contribution in [2.24, 2.45) is 0 Å². The molecule has 1 fully saturated rings. The van der Waals surface area contributed by atoms with E-state index in [0.717, 1.165) is 36.9 Å². The van der Waals surface area contributed by atoms with E-state index in [1.807, 2.05) is 24.3 Å². The summed E-state index contributed by atoms with van der Waals surface area (Å²) in [6, 6.07) is 14.6. The summed E-state index contributed by atoms with van der Waals surface area (Å²) in [7, 11) is 0. The van der Waals surface area contributed by atoms with Crippen LogP contribution < -0.4 is 9.64 Å². The maximum Gasteiger partial charge on any atom is 0.338 e. The van der Waals surface area contributed by atoms with Gasteiger partial charge in [0.05, 0.1) is 22.9 Å².